The number of halogens is 1. The van der Waals surface area contributed by atoms with Gasteiger partial charge in [0.05, 0.1) is 31.2 Å². The summed E-state index contributed by atoms with van der Waals surface area (Å²) in [6.07, 6.45) is 1.65. The van der Waals surface area contributed by atoms with Crippen LogP contribution in [-0.2, 0) is 35.0 Å². The summed E-state index contributed by atoms with van der Waals surface area (Å²) in [5.41, 5.74) is -0.587. The zero-order chi connectivity index (χ0) is 32.6. The van der Waals surface area contributed by atoms with Crippen molar-refractivity contribution in [3.8, 4) is 5.75 Å². The molecule has 3 aliphatic rings. The van der Waals surface area contributed by atoms with Gasteiger partial charge < -0.3 is 33.7 Å². The summed E-state index contributed by atoms with van der Waals surface area (Å²) in [6, 6.07) is 3.63. The number of anilines is 1. The number of nitrogens with one attached hydrogen (secondary N) is 1. The molecule has 1 aromatic carbocycles. The zero-order valence-electron chi connectivity index (χ0n) is 26.5. The standard InChI is InChI=1S/C32H43ClN2O9/c1-17(2)29(37)43-25-15-26(36)35(6)21-13-20(14-22(40-7)27(21)33)12-18(3)10-9-11-24(41-8)32(39)16-23(42-30(38)34-32)19(4)28-31(25,5)44-28/h9-11,13-14,17,19,23-25,28,39H,12,15-16H2,1-8H3,(H,34,38)/b11-9+,18-10-/t19-,23?,24+,25-,28?,31-,32-/m0/s1. The summed E-state index contributed by atoms with van der Waals surface area (Å²) in [4.78, 5) is 40.7. The number of ether oxygens (including phenoxy) is 5. The summed E-state index contributed by atoms with van der Waals surface area (Å²) in [5.74, 6) is -1.30. The Bertz CT molecular complexity index is 1350. The molecule has 7 atom stereocenters. The van der Waals surface area contributed by atoms with Gasteiger partial charge in [0.2, 0.25) is 5.91 Å². The summed E-state index contributed by atoms with van der Waals surface area (Å²) in [6.45, 7) is 8.95. The fraction of sp³-hybridized carbons (Fsp3) is 0.594. The van der Waals surface area contributed by atoms with Crippen molar-refractivity contribution in [3.05, 3.63) is 46.5 Å². The van der Waals surface area contributed by atoms with Gasteiger partial charge in [-0.2, -0.15) is 0 Å². The number of aliphatic hydroxyl groups is 1. The molecule has 11 nitrogen and oxygen atoms in total. The molecule has 44 heavy (non-hydrogen) atoms. The lowest BCUT2D eigenvalue weighted by molar-refractivity contribution is -0.157. The van der Waals surface area contributed by atoms with Gasteiger partial charge >= 0.3 is 12.1 Å². The van der Waals surface area contributed by atoms with Crippen LogP contribution in [0.4, 0.5) is 10.5 Å². The fourth-order valence-corrected chi connectivity index (χ4v) is 6.19. The van der Waals surface area contributed by atoms with E-state index in [0.717, 1.165) is 11.1 Å². The summed E-state index contributed by atoms with van der Waals surface area (Å²) < 4.78 is 28.8. The molecule has 12 heteroatoms. The monoisotopic (exact) mass is 634 g/mol. The number of amides is 2. The Labute approximate surface area is 263 Å². The van der Waals surface area contributed by atoms with Crippen LogP contribution in [0.5, 0.6) is 5.75 Å². The number of carbonyl (C=O) groups excluding carboxylic acids is 3. The smallest absolute Gasteiger partial charge is 0.409 e. The lowest BCUT2D eigenvalue weighted by Crippen LogP contribution is -2.63. The van der Waals surface area contributed by atoms with E-state index in [1.165, 1.54) is 19.1 Å². The molecule has 1 aromatic rings. The highest BCUT2D eigenvalue weighted by molar-refractivity contribution is 6.35. The largest absolute Gasteiger partial charge is 0.495 e. The summed E-state index contributed by atoms with van der Waals surface area (Å²) in [5, 5.41) is 14.4. The Balaban J connectivity index is 1.80. The second-order valence-corrected chi connectivity index (χ2v) is 12.8. The third kappa shape index (κ3) is 6.91. The quantitative estimate of drug-likeness (QED) is 0.366. The third-order valence-corrected chi connectivity index (χ3v) is 9.06. The van der Waals surface area contributed by atoms with Crippen LogP contribution in [0.2, 0.25) is 5.02 Å². The van der Waals surface area contributed by atoms with Crippen molar-refractivity contribution in [1.82, 2.24) is 5.32 Å². The van der Waals surface area contributed by atoms with Crippen molar-refractivity contribution in [2.75, 3.05) is 26.2 Å². The van der Waals surface area contributed by atoms with E-state index < -0.39 is 59.6 Å². The number of epoxide rings is 1. The van der Waals surface area contributed by atoms with Crippen molar-refractivity contribution in [1.29, 1.82) is 0 Å². The zero-order valence-corrected chi connectivity index (χ0v) is 27.3. The first-order valence-electron chi connectivity index (χ1n) is 14.7. The molecule has 0 aliphatic carbocycles. The Morgan fingerprint density at radius 3 is 2.59 bits per heavy atom. The van der Waals surface area contributed by atoms with Crippen molar-refractivity contribution >= 4 is 35.3 Å². The lowest BCUT2D eigenvalue weighted by Gasteiger charge is -2.42. The maximum atomic E-state index is 13.8. The Morgan fingerprint density at radius 1 is 1.25 bits per heavy atom. The number of hydrogen-bond donors (Lipinski definition) is 2. The van der Waals surface area contributed by atoms with Crippen LogP contribution in [0.3, 0.4) is 0 Å². The molecule has 0 aromatic heterocycles. The molecule has 0 radical (unpaired) electrons. The minimum absolute atomic E-state index is 0.00361. The van der Waals surface area contributed by atoms with Crippen LogP contribution < -0.4 is 15.0 Å². The maximum Gasteiger partial charge on any atom is 0.409 e. The van der Waals surface area contributed by atoms with E-state index in [4.69, 9.17) is 35.3 Å². The lowest BCUT2D eigenvalue weighted by atomic mass is 9.83. The summed E-state index contributed by atoms with van der Waals surface area (Å²) in [7, 11) is 4.56. The molecule has 2 N–H and O–H groups in total. The van der Waals surface area contributed by atoms with Crippen molar-refractivity contribution in [2.24, 2.45) is 11.8 Å². The molecule has 4 rings (SSSR count). The molecule has 3 heterocycles. The predicted octanol–water partition coefficient (Wildman–Crippen LogP) is 4.32. The normalized spacial score (nSPS) is 34.7. The predicted molar refractivity (Wildman–Crippen MR) is 164 cm³/mol. The van der Waals surface area contributed by atoms with Gasteiger partial charge in [0.15, 0.2) is 5.72 Å². The van der Waals surface area contributed by atoms with Gasteiger partial charge in [-0.1, -0.05) is 56.2 Å². The molecular weight excluding hydrogens is 592 g/mol. The molecule has 2 fully saturated rings. The highest BCUT2D eigenvalue weighted by atomic mass is 35.5. The molecule has 4 bridgehead atoms. The number of nitrogens with zero attached hydrogens (tertiary/aromatic N) is 1. The van der Waals surface area contributed by atoms with Crippen molar-refractivity contribution < 1.29 is 43.2 Å². The first-order valence-corrected chi connectivity index (χ1v) is 15.1. The Kier molecular flexibility index (Phi) is 10.0. The third-order valence-electron chi connectivity index (χ3n) is 8.68. The first-order chi connectivity index (χ1) is 20.6. The average Bonchev–Trinajstić information content (AvgIpc) is 3.66. The van der Waals surface area contributed by atoms with Crippen LogP contribution in [0.15, 0.2) is 35.9 Å². The van der Waals surface area contributed by atoms with E-state index in [9.17, 15) is 19.5 Å². The van der Waals surface area contributed by atoms with E-state index in [-0.39, 0.29) is 23.8 Å². The average molecular weight is 635 g/mol. The molecule has 3 aliphatic heterocycles. The van der Waals surface area contributed by atoms with Gasteiger partial charge in [0, 0.05) is 26.5 Å². The van der Waals surface area contributed by atoms with Gasteiger partial charge in [0.25, 0.3) is 0 Å². The molecule has 2 amide bonds. The van der Waals surface area contributed by atoms with Crippen LogP contribution >= 0.6 is 11.6 Å². The van der Waals surface area contributed by atoms with Gasteiger partial charge in [-0.25, -0.2) is 4.79 Å². The van der Waals surface area contributed by atoms with Gasteiger partial charge in [-0.05, 0) is 38.0 Å². The van der Waals surface area contributed by atoms with Crippen molar-refractivity contribution in [2.45, 2.75) is 89.6 Å². The Hall–Kier alpha value is -3.12. The van der Waals surface area contributed by atoms with E-state index in [0.29, 0.717) is 17.9 Å². The molecule has 0 spiro atoms. The van der Waals surface area contributed by atoms with Gasteiger partial charge in [-0.15, -0.1) is 0 Å². The number of alkyl carbamates (subject to hydrolysis) is 1. The molecule has 242 valence electrons. The Morgan fingerprint density at radius 2 is 1.95 bits per heavy atom. The van der Waals surface area contributed by atoms with Crippen LogP contribution in [0, 0.1) is 11.8 Å². The van der Waals surface area contributed by atoms with E-state index in [1.807, 2.05) is 32.1 Å². The first kappa shape index (κ1) is 33.8. The van der Waals surface area contributed by atoms with Crippen molar-refractivity contribution in [3.63, 3.8) is 0 Å². The number of hydrogen-bond acceptors (Lipinski definition) is 9. The number of rotatable bonds is 4. The number of benzene rings is 1. The number of methoxy groups -OCH3 is 2. The maximum absolute atomic E-state index is 13.8. The minimum atomic E-state index is -1.77. The molecule has 2 saturated heterocycles. The molecular formula is C32H43ClN2O9. The van der Waals surface area contributed by atoms with Crippen LogP contribution in [0.1, 0.15) is 53.0 Å². The van der Waals surface area contributed by atoms with E-state index in [2.05, 4.69) is 5.32 Å². The second-order valence-electron chi connectivity index (χ2n) is 12.4. The summed E-state index contributed by atoms with van der Waals surface area (Å²) >= 11 is 6.68. The van der Waals surface area contributed by atoms with Crippen LogP contribution in [0.25, 0.3) is 0 Å². The molecule has 2 unspecified atom stereocenters. The van der Waals surface area contributed by atoms with E-state index >= 15 is 0 Å². The SMILES string of the molecule is COc1cc2cc(c1Cl)N(C)C(=O)C[C@H](OC(=O)C(C)C)[C@]1(C)OC1[C@@H](C)C1C[C@@](O)(NC(=O)O1)[C@H](OC)/C=C/C=C(/C)C2. The molecule has 0 saturated carbocycles. The van der Waals surface area contributed by atoms with E-state index in [1.54, 1.807) is 40.0 Å². The van der Waals surface area contributed by atoms with Gasteiger partial charge in [-0.3, -0.25) is 14.9 Å². The number of carbonyl (C=O) groups is 3. The topological polar surface area (TPSA) is 136 Å². The van der Waals surface area contributed by atoms with Crippen LogP contribution in [-0.4, -0.2) is 80.1 Å². The number of fused-ring (bicyclic) bond motifs is 5. The number of allylic oxidation sites excluding steroid dienone is 3. The fourth-order valence-electron chi connectivity index (χ4n) is 5.88. The minimum Gasteiger partial charge on any atom is -0.495 e. The number of esters is 1. The van der Waals surface area contributed by atoms with Gasteiger partial charge in [0.1, 0.15) is 34.7 Å². The second kappa shape index (κ2) is 13.1. The highest BCUT2D eigenvalue weighted by Gasteiger charge is 2.64. The highest BCUT2D eigenvalue weighted by Crippen LogP contribution is 2.49.